The van der Waals surface area contributed by atoms with E-state index < -0.39 is 0 Å². The normalized spacial score (nSPS) is 17.9. The van der Waals surface area contributed by atoms with Gasteiger partial charge in [-0.25, -0.2) is 0 Å². The molecule has 0 spiro atoms. The van der Waals surface area contributed by atoms with Gasteiger partial charge in [-0.1, -0.05) is 42.4 Å². The summed E-state index contributed by atoms with van der Waals surface area (Å²) in [5.74, 6) is 0.905. The van der Waals surface area contributed by atoms with Crippen LogP contribution in [0.3, 0.4) is 0 Å². The van der Waals surface area contributed by atoms with Crippen molar-refractivity contribution in [3.05, 3.63) is 65.3 Å². The van der Waals surface area contributed by atoms with E-state index in [0.717, 1.165) is 90.8 Å². The van der Waals surface area contributed by atoms with Crippen molar-refractivity contribution >= 4 is 39.8 Å². The summed E-state index contributed by atoms with van der Waals surface area (Å²) >= 11 is 6.68. The molecule has 3 aliphatic heterocycles. The number of aromatic nitrogens is 2. The topological polar surface area (TPSA) is 74.3 Å². The lowest BCUT2D eigenvalue weighted by Gasteiger charge is -2.38. The Kier molecular flexibility index (Phi) is 8.55. The summed E-state index contributed by atoms with van der Waals surface area (Å²) in [6, 6.07) is 12.8. The summed E-state index contributed by atoms with van der Waals surface area (Å²) in [5.41, 5.74) is 3.26. The highest BCUT2D eigenvalue weighted by Crippen LogP contribution is 2.37. The van der Waals surface area contributed by atoms with Crippen molar-refractivity contribution in [3.8, 4) is 6.01 Å². The summed E-state index contributed by atoms with van der Waals surface area (Å²) in [6.45, 7) is 12.9. The van der Waals surface area contributed by atoms with Gasteiger partial charge in [0, 0.05) is 69.0 Å². The molecule has 2 aromatic carbocycles. The number of amides is 1. The van der Waals surface area contributed by atoms with Crippen molar-refractivity contribution in [1.29, 1.82) is 0 Å². The van der Waals surface area contributed by atoms with Gasteiger partial charge in [-0.3, -0.25) is 9.69 Å². The Hall–Kier alpha value is -3.40. The van der Waals surface area contributed by atoms with Crippen LogP contribution >= 0.6 is 11.6 Å². The van der Waals surface area contributed by atoms with E-state index in [-0.39, 0.29) is 5.91 Å². The van der Waals surface area contributed by atoms with Gasteiger partial charge in [-0.05, 0) is 36.4 Å². The molecule has 0 bridgehead atoms. The van der Waals surface area contributed by atoms with Gasteiger partial charge in [0.15, 0.2) is 0 Å². The molecule has 4 heterocycles. The first-order chi connectivity index (χ1) is 20.1. The van der Waals surface area contributed by atoms with E-state index in [4.69, 9.17) is 31.0 Å². The molecule has 0 atom stereocenters. The van der Waals surface area contributed by atoms with E-state index >= 15 is 0 Å². The number of hydrogen-bond donors (Lipinski definition) is 0. The van der Waals surface area contributed by atoms with Gasteiger partial charge in [0.25, 0.3) is 0 Å². The first-order valence-corrected chi connectivity index (χ1v) is 14.9. The molecular weight excluding hydrogens is 540 g/mol. The zero-order chi connectivity index (χ0) is 28.2. The molecule has 0 aliphatic carbocycles. The zero-order valence-corrected chi connectivity index (χ0v) is 24.2. The molecule has 2 saturated heterocycles. The SMILES string of the molecule is C=CC(=O)N1CCN(c2nc(OCCCN3CCOCC3)nc3c2CCN(c2cccc4cccc(Cl)c24)C3)CC1. The van der Waals surface area contributed by atoms with Crippen LogP contribution in [0.1, 0.15) is 17.7 Å². The van der Waals surface area contributed by atoms with Crippen LogP contribution in [0.4, 0.5) is 11.5 Å². The summed E-state index contributed by atoms with van der Waals surface area (Å²) in [6.07, 6.45) is 3.10. The van der Waals surface area contributed by atoms with Gasteiger partial charge in [-0.2, -0.15) is 9.97 Å². The number of halogens is 1. The molecule has 0 N–H and O–H groups in total. The van der Waals surface area contributed by atoms with Gasteiger partial charge in [-0.15, -0.1) is 0 Å². The highest BCUT2D eigenvalue weighted by atomic mass is 35.5. The Morgan fingerprint density at radius 2 is 1.78 bits per heavy atom. The molecule has 10 heteroatoms. The highest BCUT2D eigenvalue weighted by Gasteiger charge is 2.29. The Bertz CT molecular complexity index is 1400. The first kappa shape index (κ1) is 27.8. The van der Waals surface area contributed by atoms with Crippen molar-refractivity contribution in [2.75, 3.05) is 82.0 Å². The molecule has 2 fully saturated rings. The molecule has 41 heavy (non-hydrogen) atoms. The predicted molar refractivity (Wildman–Crippen MR) is 162 cm³/mol. The number of ether oxygens (including phenoxy) is 2. The van der Waals surface area contributed by atoms with E-state index in [9.17, 15) is 4.79 Å². The lowest BCUT2D eigenvalue weighted by atomic mass is 10.0. The molecule has 6 rings (SSSR count). The fourth-order valence-electron chi connectivity index (χ4n) is 6.00. The van der Waals surface area contributed by atoms with Crippen LogP contribution in [0.2, 0.25) is 5.02 Å². The molecule has 1 aromatic heterocycles. The van der Waals surface area contributed by atoms with Crippen LogP contribution in [-0.2, 0) is 22.5 Å². The van der Waals surface area contributed by atoms with Gasteiger partial charge >= 0.3 is 6.01 Å². The van der Waals surface area contributed by atoms with Gasteiger partial charge in [0.2, 0.25) is 5.91 Å². The maximum Gasteiger partial charge on any atom is 0.318 e. The van der Waals surface area contributed by atoms with Gasteiger partial charge in [0.05, 0.1) is 37.1 Å². The minimum Gasteiger partial charge on any atom is -0.463 e. The van der Waals surface area contributed by atoms with Crippen molar-refractivity contribution < 1.29 is 14.3 Å². The van der Waals surface area contributed by atoms with Crippen molar-refractivity contribution in [1.82, 2.24) is 19.8 Å². The largest absolute Gasteiger partial charge is 0.463 e. The van der Waals surface area contributed by atoms with Gasteiger partial charge < -0.3 is 24.2 Å². The van der Waals surface area contributed by atoms with Crippen LogP contribution in [0.25, 0.3) is 10.8 Å². The maximum absolute atomic E-state index is 12.2. The molecule has 0 radical (unpaired) electrons. The number of fused-ring (bicyclic) bond motifs is 2. The van der Waals surface area contributed by atoms with E-state index in [0.29, 0.717) is 45.3 Å². The highest BCUT2D eigenvalue weighted by molar-refractivity contribution is 6.36. The van der Waals surface area contributed by atoms with Crippen molar-refractivity contribution in [2.24, 2.45) is 0 Å². The number of hydrogen-bond acceptors (Lipinski definition) is 8. The quantitative estimate of drug-likeness (QED) is 0.296. The second-order valence-corrected chi connectivity index (χ2v) is 11.1. The van der Waals surface area contributed by atoms with Gasteiger partial charge in [0.1, 0.15) is 5.82 Å². The molecular formula is C31H37ClN6O3. The summed E-state index contributed by atoms with van der Waals surface area (Å²) in [4.78, 5) is 30.9. The van der Waals surface area contributed by atoms with Crippen molar-refractivity contribution in [2.45, 2.75) is 19.4 Å². The molecule has 9 nitrogen and oxygen atoms in total. The van der Waals surface area contributed by atoms with Crippen LogP contribution < -0.4 is 14.5 Å². The predicted octanol–water partition coefficient (Wildman–Crippen LogP) is 3.78. The number of anilines is 2. The molecule has 1 amide bonds. The number of morpholine rings is 1. The molecule has 216 valence electrons. The second kappa shape index (κ2) is 12.6. The number of benzene rings is 2. The first-order valence-electron chi connectivity index (χ1n) is 14.5. The number of carbonyl (C=O) groups is 1. The van der Waals surface area contributed by atoms with Crippen LogP contribution in [0, 0.1) is 0 Å². The molecule has 0 saturated carbocycles. The average molecular weight is 577 g/mol. The van der Waals surface area contributed by atoms with E-state index in [2.05, 4.69) is 45.5 Å². The lowest BCUT2D eigenvalue weighted by molar-refractivity contribution is -0.126. The monoisotopic (exact) mass is 576 g/mol. The Labute approximate surface area is 246 Å². The van der Waals surface area contributed by atoms with E-state index in [1.807, 2.05) is 17.0 Å². The third-order valence-electron chi connectivity index (χ3n) is 8.21. The maximum atomic E-state index is 12.2. The summed E-state index contributed by atoms with van der Waals surface area (Å²) in [7, 11) is 0. The van der Waals surface area contributed by atoms with E-state index in [1.165, 1.54) is 6.08 Å². The Morgan fingerprint density at radius 1 is 1.00 bits per heavy atom. The number of rotatable bonds is 8. The number of nitrogens with zero attached hydrogens (tertiary/aromatic N) is 6. The smallest absolute Gasteiger partial charge is 0.318 e. The zero-order valence-electron chi connectivity index (χ0n) is 23.4. The lowest BCUT2D eigenvalue weighted by Crippen LogP contribution is -2.49. The minimum atomic E-state index is -0.0250. The number of carbonyl (C=O) groups excluding carboxylic acids is 1. The third kappa shape index (κ3) is 6.12. The van der Waals surface area contributed by atoms with Crippen LogP contribution in [-0.4, -0.2) is 97.9 Å². The fourth-order valence-corrected chi connectivity index (χ4v) is 6.28. The van der Waals surface area contributed by atoms with Crippen molar-refractivity contribution in [3.63, 3.8) is 0 Å². The second-order valence-electron chi connectivity index (χ2n) is 10.7. The minimum absolute atomic E-state index is 0.0250. The molecule has 0 unspecified atom stereocenters. The van der Waals surface area contributed by atoms with Crippen LogP contribution in [0.5, 0.6) is 6.01 Å². The molecule has 3 aromatic rings. The fraction of sp³-hybridized carbons (Fsp3) is 0.452. The standard InChI is InChI=1S/C31H37ClN6O3/c1-2-28(39)36-13-15-37(16-14-36)30-24-10-12-38(27-9-4-7-23-6-3-8-25(32)29(23)27)22-26(24)33-31(34-30)41-19-5-11-35-17-20-40-21-18-35/h2-4,6-9H,1,5,10-22H2. The Balaban J connectivity index is 1.24. The number of piperazine rings is 1. The summed E-state index contributed by atoms with van der Waals surface area (Å²) < 4.78 is 11.6. The summed E-state index contributed by atoms with van der Waals surface area (Å²) in [5, 5.41) is 2.95. The molecule has 3 aliphatic rings. The Morgan fingerprint density at radius 3 is 2.56 bits per heavy atom. The van der Waals surface area contributed by atoms with Crippen LogP contribution in [0.15, 0.2) is 49.1 Å². The van der Waals surface area contributed by atoms with E-state index in [1.54, 1.807) is 0 Å². The third-order valence-corrected chi connectivity index (χ3v) is 8.53. The average Bonchev–Trinajstić information content (AvgIpc) is 3.02.